The van der Waals surface area contributed by atoms with Crippen LogP contribution in [0.4, 0.5) is 29.2 Å². The highest BCUT2D eigenvalue weighted by molar-refractivity contribution is 6.28. The van der Waals surface area contributed by atoms with Crippen molar-refractivity contribution >= 4 is 128 Å². The van der Waals surface area contributed by atoms with Crippen molar-refractivity contribution in [2.75, 3.05) is 83.0 Å². The molecule has 0 unspecified atom stereocenters. The van der Waals surface area contributed by atoms with Crippen LogP contribution in [-0.2, 0) is 52.3 Å². The molecule has 16 atom stereocenters. The number of esters is 3. The van der Waals surface area contributed by atoms with E-state index in [1.54, 1.807) is 20.8 Å². The van der Waals surface area contributed by atoms with Gasteiger partial charge >= 0.3 is 17.9 Å². The summed E-state index contributed by atoms with van der Waals surface area (Å²) in [6, 6.07) is 0. The van der Waals surface area contributed by atoms with Gasteiger partial charge in [0.25, 0.3) is 17.8 Å². The lowest BCUT2D eigenvalue weighted by molar-refractivity contribution is -0.150. The molecule has 54 nitrogen and oxygen atoms in total. The van der Waals surface area contributed by atoms with Crippen LogP contribution in [0.25, 0.3) is 56.6 Å². The summed E-state index contributed by atoms with van der Waals surface area (Å²) in [5.74, 6) is 1.73. The average molecular weight is 1710 g/mol. The van der Waals surface area contributed by atoms with Crippen LogP contribution in [0.5, 0.6) is 0 Å². The van der Waals surface area contributed by atoms with Gasteiger partial charge in [-0.25, -0.2) is 49.7 Å². The number of ether oxygens (including phenoxy) is 7. The maximum atomic E-state index is 12.1. The van der Waals surface area contributed by atoms with Crippen molar-refractivity contribution in [1.29, 1.82) is 0 Å². The molecule has 650 valence electrons. The van der Waals surface area contributed by atoms with Crippen LogP contribution in [-0.4, -0.2) is 340 Å². The number of aromatic nitrogens is 20. The SMILES string of the molecule is C.CCOC(=O)C(C=Nc1nc(-n2cc(C(=O)OCC)cn2)nc2c1ncn2[C@@H]1O[C@H](CO)[C@@H](O)[C@H]1O)=CO.CCOC(=O)C(C=O)C=O.CN.CNC(=O)c1cnn(-c2nc(N)c3ncn([C@@H]4O[C@H](CO)[C@@H](O)[C@H]4O)c3n2)c1.NNc1nc(N)c2ncn([C@@H]3O[C@H](CO)[C@@H](O)[C@H]3O)c2n1.Nc1nc(Cl)nc2c1ncn2[C@@H]1O[C@H](CO)[C@@H](O)[C@H]1O. The molecule has 10 aromatic rings. The predicted molar refractivity (Wildman–Crippen MR) is 408 cm³/mol. The molecule has 4 saturated heterocycles. The molecule has 0 aliphatic carbocycles. The fraction of sp³-hybridized carbons (Fsp3) is 0.462. The van der Waals surface area contributed by atoms with Crippen molar-refractivity contribution in [2.45, 2.75) is 126 Å². The second-order valence-electron chi connectivity index (χ2n) is 24.7. The first-order valence-electron chi connectivity index (χ1n) is 35.2. The molecule has 120 heavy (non-hydrogen) atoms. The number of imidazole rings is 4. The molecule has 14 rings (SSSR count). The van der Waals surface area contributed by atoms with Gasteiger partial charge in [-0.3, -0.25) is 33.3 Å². The first-order chi connectivity index (χ1) is 57.1. The fourth-order valence-corrected chi connectivity index (χ4v) is 11.7. The Labute approximate surface area is 679 Å². The first kappa shape index (κ1) is 93.3. The van der Waals surface area contributed by atoms with E-state index in [0.29, 0.717) is 22.9 Å². The molecule has 4 fully saturated rings. The zero-order valence-corrected chi connectivity index (χ0v) is 63.7. The van der Waals surface area contributed by atoms with E-state index in [1.807, 2.05) is 0 Å². The second-order valence-corrected chi connectivity index (χ2v) is 25.0. The molecule has 0 saturated carbocycles. The van der Waals surface area contributed by atoms with Crippen molar-refractivity contribution in [3.05, 3.63) is 78.3 Å². The molecule has 10 aromatic heterocycles. The van der Waals surface area contributed by atoms with E-state index in [4.69, 9.17) is 73.3 Å². The van der Waals surface area contributed by atoms with Crippen LogP contribution in [0, 0.1) is 5.92 Å². The van der Waals surface area contributed by atoms with E-state index in [9.17, 15) is 84.9 Å². The minimum absolute atomic E-state index is 0. The number of hydrazine groups is 1. The molecule has 4 aliphatic heterocycles. The summed E-state index contributed by atoms with van der Waals surface area (Å²) in [4.78, 5) is 120. The number of aliphatic hydroxyl groups is 13. The maximum Gasteiger partial charge on any atom is 0.342 e. The van der Waals surface area contributed by atoms with E-state index in [-0.39, 0.29) is 137 Å². The summed E-state index contributed by atoms with van der Waals surface area (Å²) < 4.78 is 44.1. The van der Waals surface area contributed by atoms with Crippen LogP contribution in [0.3, 0.4) is 0 Å². The highest BCUT2D eigenvalue weighted by Crippen LogP contribution is 2.37. The Bertz CT molecular complexity index is 5230. The quantitative estimate of drug-likeness (QED) is 0.00286. The molecule has 0 spiro atoms. The molecule has 0 aromatic carbocycles. The first-order valence-corrected chi connectivity index (χ1v) is 35.6. The smallest absolute Gasteiger partial charge is 0.342 e. The van der Waals surface area contributed by atoms with Gasteiger partial charge in [0, 0.05) is 25.7 Å². The third kappa shape index (κ3) is 19.9. The minimum Gasteiger partial charge on any atom is -0.515 e. The van der Waals surface area contributed by atoms with Gasteiger partial charge in [-0.1, -0.05) is 7.43 Å². The van der Waals surface area contributed by atoms with Crippen LogP contribution >= 0.6 is 11.6 Å². The number of carbonyl (C=O) groups is 6. The topological polar surface area (TPSA) is 807 Å². The number of rotatable bonds is 22. The Morgan fingerprint density at radius 2 is 0.925 bits per heavy atom. The molecule has 14 heterocycles. The Balaban J connectivity index is 0.000000195. The highest BCUT2D eigenvalue weighted by Gasteiger charge is 2.48. The number of aldehydes is 2. The number of anilines is 4. The van der Waals surface area contributed by atoms with Gasteiger partial charge in [-0.15, -0.1) is 0 Å². The Morgan fingerprint density at radius 3 is 1.32 bits per heavy atom. The molecular formula is C65H87ClN28O26. The van der Waals surface area contributed by atoms with E-state index in [2.05, 4.69) is 96.2 Å². The van der Waals surface area contributed by atoms with E-state index < -0.39 is 148 Å². The highest BCUT2D eigenvalue weighted by atomic mass is 35.5. The molecule has 25 N–H and O–H groups in total. The number of fused-ring (bicyclic) bond motifs is 4. The largest absolute Gasteiger partial charge is 0.515 e. The Hall–Kier alpha value is -12.2. The number of nitrogens with zero attached hydrogens (tertiary/aromatic N) is 21. The maximum absolute atomic E-state index is 12.1. The molecule has 1 amide bonds. The third-order valence-electron chi connectivity index (χ3n) is 17.4. The summed E-state index contributed by atoms with van der Waals surface area (Å²) in [6.07, 6.45) is -5.42. The lowest BCUT2D eigenvalue weighted by Gasteiger charge is -2.16. The lowest BCUT2D eigenvalue weighted by atomic mass is 10.1. The van der Waals surface area contributed by atoms with Crippen molar-refractivity contribution in [2.24, 2.45) is 22.5 Å². The number of hydrogen-bond acceptors (Lipinski definition) is 47. The number of amides is 1. The molecular weight excluding hydrogens is 1620 g/mol. The Morgan fingerprint density at radius 1 is 0.542 bits per heavy atom. The summed E-state index contributed by atoms with van der Waals surface area (Å²) in [5.41, 5.74) is 26.2. The van der Waals surface area contributed by atoms with Gasteiger partial charge in [0.05, 0.1) is 101 Å². The van der Waals surface area contributed by atoms with Crippen LogP contribution < -0.4 is 39.5 Å². The van der Waals surface area contributed by atoms with Crippen molar-refractivity contribution < 1.29 is 128 Å². The van der Waals surface area contributed by atoms with Gasteiger partial charge in [0.1, 0.15) is 108 Å². The average Bonchev–Trinajstić information content (AvgIpc) is 1.61. The van der Waals surface area contributed by atoms with Gasteiger partial charge in [-0.05, 0) is 39.4 Å². The lowest BCUT2D eigenvalue weighted by Crippen LogP contribution is -2.33. The monoisotopic (exact) mass is 1710 g/mol. The standard InChI is InChI=1S/C22H25N7O9.C15H18N8O5.C10H12ClN5O4.C10H15N7O4.C6H8O4.CH5N.CH4/c1-3-36-20(34)11-6-25-29(7-11)22-26-17(23-5-12(8-30)21(35)37-4-2)14-18(27-22)28(10-24-14)19-16(33)15(32)13(9-31)38-19;1-17-13(27)6-2-19-23(3-6)15-20-11(16)8-12(21-15)22(5-18-8)14-10(26)9(25)7(4-24)28-14;11-10-14-7(12)4-8(15-10)16(2-13-4)9-6(19)5(18)3(1-17)20-9;11-7-4-8(15-10(14-7)16-12)17(2-13-4)9-6(20)5(19)3(1-18)21-9;1-2-10-6(9)5(3-7)4-8;1-2;/h5-8,10,13,15-16,19,30-33H,3-4,9H2,1-2H3;2-3,5,7,9-10,14,24-26H,4H2,1H3,(H,17,27)(H2,16,20,21);2-3,5-6,9,17-19H,1H2,(H2,12,14,15);2-3,5-6,9,18-20H,1,12H2,(H3,11,14,15,16);3-5H,2H2,1H3;2H2,1H3;1H4/t13-,15-,16-,19-;7-,9-,10-,14-;2*3-,5-,6-,9-;;;/m1111.../s1. The number of carbonyl (C=O) groups excluding carboxylic acids is 6. The molecule has 55 heteroatoms. The number of nitrogen functional groups attached to an aromatic ring is 4. The van der Waals surface area contributed by atoms with Gasteiger partial charge < -0.3 is 137 Å². The summed E-state index contributed by atoms with van der Waals surface area (Å²) in [6.45, 7) is 3.44. The van der Waals surface area contributed by atoms with Crippen molar-refractivity contribution in [3.8, 4) is 11.9 Å². The number of halogens is 1. The van der Waals surface area contributed by atoms with E-state index in [0.717, 1.165) is 6.21 Å². The fourth-order valence-electron chi connectivity index (χ4n) is 11.5. The minimum atomic E-state index is -1.43. The molecule has 0 radical (unpaired) electrons. The Kier molecular flexibility index (Phi) is 32.6. The van der Waals surface area contributed by atoms with Crippen LogP contribution in [0.2, 0.25) is 5.28 Å². The molecule has 0 bridgehead atoms. The van der Waals surface area contributed by atoms with Gasteiger partial charge in [0.2, 0.25) is 11.2 Å². The molecule has 4 aliphatic rings. The van der Waals surface area contributed by atoms with Gasteiger partial charge in [-0.2, -0.15) is 50.1 Å². The summed E-state index contributed by atoms with van der Waals surface area (Å²) >= 11 is 5.74. The number of aliphatic hydroxyl groups excluding tert-OH is 13. The summed E-state index contributed by atoms with van der Waals surface area (Å²) in [5, 5.41) is 137. The van der Waals surface area contributed by atoms with Crippen LogP contribution in [0.1, 0.15) is 73.8 Å². The zero-order valence-electron chi connectivity index (χ0n) is 63.0. The van der Waals surface area contributed by atoms with Gasteiger partial charge in [0.15, 0.2) is 82.2 Å². The number of nitrogens with two attached hydrogens (primary N) is 5. The second kappa shape index (κ2) is 42.0. The normalized spacial score (nSPS) is 23.6. The van der Waals surface area contributed by atoms with Crippen LogP contribution in [0.15, 0.2) is 66.9 Å². The third-order valence-corrected chi connectivity index (χ3v) is 17.6. The number of hydrogen-bond donors (Lipinski definition) is 20. The number of aliphatic imine (C=N–C) groups is 1. The predicted octanol–water partition coefficient (Wildman–Crippen LogP) is -7.17. The summed E-state index contributed by atoms with van der Waals surface area (Å²) in [7, 11) is 3.00. The van der Waals surface area contributed by atoms with Crippen molar-refractivity contribution in [1.82, 2.24) is 103 Å². The zero-order chi connectivity index (χ0) is 87.0. The number of nitrogens with one attached hydrogen (secondary N) is 2. The van der Waals surface area contributed by atoms with E-state index >= 15 is 0 Å². The van der Waals surface area contributed by atoms with Crippen molar-refractivity contribution in [3.63, 3.8) is 0 Å². The van der Waals surface area contributed by atoms with E-state index in [1.165, 1.54) is 91.8 Å².